The molecule has 1 aliphatic heterocycles. The maximum absolute atomic E-state index is 9.99. The first-order valence-electron chi connectivity index (χ1n) is 4.28. The van der Waals surface area contributed by atoms with Crippen LogP contribution < -0.4 is 11.5 Å². The molecule has 5 N–H and O–H groups in total. The molecule has 1 aliphatic rings. The molecule has 12 heavy (non-hydrogen) atoms. The average Bonchev–Trinajstić information content (AvgIpc) is 2.53. The Kier molecular flexibility index (Phi) is 2.73. The average molecular weight is 174 g/mol. The van der Waals surface area contributed by atoms with Crippen LogP contribution in [0.15, 0.2) is 0 Å². The third kappa shape index (κ3) is 1.35. The van der Waals surface area contributed by atoms with Crippen molar-refractivity contribution >= 4 is 0 Å². The van der Waals surface area contributed by atoms with Crippen molar-refractivity contribution in [2.75, 3.05) is 26.3 Å². The van der Waals surface area contributed by atoms with E-state index in [2.05, 4.69) is 0 Å². The Labute approximate surface area is 72.9 Å². The topological polar surface area (TPSA) is 81.5 Å². The van der Waals surface area contributed by atoms with E-state index in [1.165, 1.54) is 0 Å². The fourth-order valence-electron chi connectivity index (χ4n) is 1.63. The van der Waals surface area contributed by atoms with Crippen LogP contribution >= 0.6 is 0 Å². The first-order valence-corrected chi connectivity index (χ1v) is 4.28. The summed E-state index contributed by atoms with van der Waals surface area (Å²) in [6.45, 7) is 3.58. The molecular formula is C8H18N2O2. The van der Waals surface area contributed by atoms with Crippen LogP contribution in [0.2, 0.25) is 0 Å². The van der Waals surface area contributed by atoms with Gasteiger partial charge in [0.1, 0.15) is 0 Å². The number of ether oxygens (including phenoxy) is 1. The van der Waals surface area contributed by atoms with Gasteiger partial charge in [-0.3, -0.25) is 0 Å². The molecule has 0 amide bonds. The van der Waals surface area contributed by atoms with Gasteiger partial charge in [-0.05, 0) is 13.3 Å². The molecular weight excluding hydrogens is 156 g/mol. The van der Waals surface area contributed by atoms with Crippen molar-refractivity contribution < 1.29 is 9.84 Å². The van der Waals surface area contributed by atoms with Crippen molar-refractivity contribution in [3.8, 4) is 0 Å². The van der Waals surface area contributed by atoms with Gasteiger partial charge < -0.3 is 21.3 Å². The van der Waals surface area contributed by atoms with Crippen molar-refractivity contribution in [2.24, 2.45) is 16.9 Å². The van der Waals surface area contributed by atoms with Gasteiger partial charge in [0.15, 0.2) is 0 Å². The molecule has 0 radical (unpaired) electrons. The van der Waals surface area contributed by atoms with Crippen LogP contribution in [-0.2, 0) is 4.74 Å². The summed E-state index contributed by atoms with van der Waals surface area (Å²) in [7, 11) is 0. The fourth-order valence-corrected chi connectivity index (χ4v) is 1.63. The van der Waals surface area contributed by atoms with Crippen molar-refractivity contribution in [2.45, 2.75) is 18.9 Å². The Morgan fingerprint density at radius 2 is 2.25 bits per heavy atom. The second-order valence-corrected chi connectivity index (χ2v) is 3.77. The first-order chi connectivity index (χ1) is 5.58. The molecule has 1 fully saturated rings. The van der Waals surface area contributed by atoms with E-state index in [4.69, 9.17) is 16.2 Å². The third-order valence-corrected chi connectivity index (χ3v) is 3.03. The molecule has 1 heterocycles. The van der Waals surface area contributed by atoms with Gasteiger partial charge in [-0.1, -0.05) is 0 Å². The Hall–Kier alpha value is -0.160. The number of hydrogen-bond acceptors (Lipinski definition) is 4. The summed E-state index contributed by atoms with van der Waals surface area (Å²) in [5, 5.41) is 9.99. The summed E-state index contributed by atoms with van der Waals surface area (Å²) in [6, 6.07) is 0. The Morgan fingerprint density at radius 1 is 1.58 bits per heavy atom. The van der Waals surface area contributed by atoms with Gasteiger partial charge in [0.25, 0.3) is 0 Å². The lowest BCUT2D eigenvalue weighted by Gasteiger charge is -2.39. The quantitative estimate of drug-likeness (QED) is 0.516. The molecule has 2 atom stereocenters. The molecule has 1 rings (SSSR count). The molecule has 4 nitrogen and oxygen atoms in total. The number of hydrogen-bond donors (Lipinski definition) is 3. The molecule has 0 aromatic heterocycles. The van der Waals surface area contributed by atoms with E-state index in [9.17, 15) is 5.11 Å². The number of aliphatic hydroxyl groups is 1. The summed E-state index contributed by atoms with van der Waals surface area (Å²) in [6.07, 6.45) is 0.799. The molecule has 4 heteroatoms. The molecule has 0 aromatic carbocycles. The van der Waals surface area contributed by atoms with Crippen molar-refractivity contribution in [1.29, 1.82) is 0 Å². The van der Waals surface area contributed by atoms with Crippen LogP contribution in [0, 0.1) is 5.41 Å². The predicted molar refractivity (Wildman–Crippen MR) is 46.6 cm³/mol. The first kappa shape index (κ1) is 9.92. The third-order valence-electron chi connectivity index (χ3n) is 3.03. The number of nitrogens with two attached hydrogens (primary N) is 2. The Morgan fingerprint density at radius 3 is 2.58 bits per heavy atom. The van der Waals surface area contributed by atoms with E-state index in [0.717, 1.165) is 6.42 Å². The highest BCUT2D eigenvalue weighted by atomic mass is 16.5. The minimum atomic E-state index is -0.905. The molecule has 0 aromatic rings. The standard InChI is InChI=1S/C8H18N2O2/c1-7(11,4-9)8(5-10)2-3-12-6-8/h11H,2-6,9-10H2,1H3. The Bertz CT molecular complexity index is 153. The molecule has 0 bridgehead atoms. The summed E-state index contributed by atoms with van der Waals surface area (Å²) in [5.41, 5.74) is 9.88. The van der Waals surface area contributed by atoms with Crippen LogP contribution in [0.1, 0.15) is 13.3 Å². The van der Waals surface area contributed by atoms with E-state index in [-0.39, 0.29) is 12.0 Å². The van der Waals surface area contributed by atoms with E-state index in [1.807, 2.05) is 0 Å². The van der Waals surface area contributed by atoms with Gasteiger partial charge in [0.05, 0.1) is 12.2 Å². The fraction of sp³-hybridized carbons (Fsp3) is 1.00. The van der Waals surface area contributed by atoms with Crippen molar-refractivity contribution in [3.63, 3.8) is 0 Å². The molecule has 2 unspecified atom stereocenters. The SMILES string of the molecule is CC(O)(CN)C1(CN)CCOC1. The smallest absolute Gasteiger partial charge is 0.0832 e. The lowest BCUT2D eigenvalue weighted by Crippen LogP contribution is -2.55. The van der Waals surface area contributed by atoms with Crippen LogP contribution in [0.25, 0.3) is 0 Å². The zero-order chi connectivity index (χ0) is 9.24. The lowest BCUT2D eigenvalue weighted by molar-refractivity contribution is -0.0610. The second-order valence-electron chi connectivity index (χ2n) is 3.77. The zero-order valence-corrected chi connectivity index (χ0v) is 7.55. The highest BCUT2D eigenvalue weighted by molar-refractivity contribution is 4.99. The van der Waals surface area contributed by atoms with Crippen molar-refractivity contribution in [3.05, 3.63) is 0 Å². The molecule has 1 saturated heterocycles. The normalized spacial score (nSPS) is 35.0. The minimum Gasteiger partial charge on any atom is -0.388 e. The van der Waals surface area contributed by atoms with Gasteiger partial charge in [-0.15, -0.1) is 0 Å². The lowest BCUT2D eigenvalue weighted by atomic mass is 9.72. The van der Waals surface area contributed by atoms with Crippen LogP contribution in [0.4, 0.5) is 0 Å². The van der Waals surface area contributed by atoms with E-state index >= 15 is 0 Å². The van der Waals surface area contributed by atoms with E-state index in [0.29, 0.717) is 19.8 Å². The van der Waals surface area contributed by atoms with E-state index in [1.54, 1.807) is 6.92 Å². The van der Waals surface area contributed by atoms with Gasteiger partial charge in [0.2, 0.25) is 0 Å². The highest BCUT2D eigenvalue weighted by Gasteiger charge is 2.47. The summed E-state index contributed by atoms with van der Waals surface area (Å²) in [5.74, 6) is 0. The summed E-state index contributed by atoms with van der Waals surface area (Å²) in [4.78, 5) is 0. The van der Waals surface area contributed by atoms with Crippen LogP contribution in [0.3, 0.4) is 0 Å². The van der Waals surface area contributed by atoms with Gasteiger partial charge >= 0.3 is 0 Å². The second kappa shape index (κ2) is 3.30. The maximum Gasteiger partial charge on any atom is 0.0832 e. The van der Waals surface area contributed by atoms with E-state index < -0.39 is 5.60 Å². The molecule has 72 valence electrons. The van der Waals surface area contributed by atoms with Crippen molar-refractivity contribution in [1.82, 2.24) is 0 Å². The highest BCUT2D eigenvalue weighted by Crippen LogP contribution is 2.37. The zero-order valence-electron chi connectivity index (χ0n) is 7.55. The van der Waals surface area contributed by atoms with Crippen LogP contribution in [-0.4, -0.2) is 37.0 Å². The minimum absolute atomic E-state index is 0.230. The summed E-state index contributed by atoms with van der Waals surface area (Å²) >= 11 is 0. The predicted octanol–water partition coefficient (Wildman–Crippen LogP) is -0.938. The molecule has 0 aliphatic carbocycles. The molecule has 0 spiro atoms. The monoisotopic (exact) mass is 174 g/mol. The number of rotatable bonds is 3. The van der Waals surface area contributed by atoms with Gasteiger partial charge in [0, 0.05) is 25.1 Å². The van der Waals surface area contributed by atoms with Crippen LogP contribution in [0.5, 0.6) is 0 Å². The van der Waals surface area contributed by atoms with Gasteiger partial charge in [-0.2, -0.15) is 0 Å². The largest absolute Gasteiger partial charge is 0.388 e. The van der Waals surface area contributed by atoms with Gasteiger partial charge in [-0.25, -0.2) is 0 Å². The Balaban J connectivity index is 2.78. The summed E-state index contributed by atoms with van der Waals surface area (Å²) < 4.78 is 5.24. The maximum atomic E-state index is 9.99. The molecule has 0 saturated carbocycles.